The van der Waals surface area contributed by atoms with Crippen molar-refractivity contribution < 1.29 is 9.53 Å². The highest BCUT2D eigenvalue weighted by atomic mass is 16.5. The van der Waals surface area contributed by atoms with Gasteiger partial charge in [-0.1, -0.05) is 56.3 Å². The van der Waals surface area contributed by atoms with Crippen LogP contribution in [0.25, 0.3) is 28.0 Å². The monoisotopic (exact) mass is 386 g/mol. The highest BCUT2D eigenvalue weighted by molar-refractivity contribution is 6.06. The van der Waals surface area contributed by atoms with E-state index >= 15 is 0 Å². The van der Waals surface area contributed by atoms with E-state index in [-0.39, 0.29) is 11.4 Å². The molecule has 0 amide bonds. The molecule has 0 saturated carbocycles. The fraction of sp³-hybridized carbons (Fsp3) is 0.280. The minimum atomic E-state index is -0.317. The van der Waals surface area contributed by atoms with E-state index in [0.29, 0.717) is 12.2 Å². The Morgan fingerprint density at radius 3 is 2.69 bits per heavy atom. The van der Waals surface area contributed by atoms with Gasteiger partial charge in [-0.2, -0.15) is 0 Å². The first-order chi connectivity index (χ1) is 13.9. The van der Waals surface area contributed by atoms with Gasteiger partial charge >= 0.3 is 5.97 Å². The minimum Gasteiger partial charge on any atom is -0.462 e. The largest absolute Gasteiger partial charge is 0.462 e. The molecular formula is C25H26N2O2. The Kier molecular flexibility index (Phi) is 4.87. The second kappa shape index (κ2) is 7.36. The predicted octanol–water partition coefficient (Wildman–Crippen LogP) is 6.24. The lowest BCUT2D eigenvalue weighted by Crippen LogP contribution is -2.15. The number of ether oxygens (including phenoxy) is 1. The smallest absolute Gasteiger partial charge is 0.340 e. The topological polar surface area (TPSA) is 54.5 Å². The normalized spacial score (nSPS) is 17.0. The van der Waals surface area contributed by atoms with Crippen molar-refractivity contribution in [1.82, 2.24) is 4.98 Å². The summed E-state index contributed by atoms with van der Waals surface area (Å²) >= 11 is 0. The molecule has 1 N–H and O–H groups in total. The zero-order chi connectivity index (χ0) is 20.6. The van der Waals surface area contributed by atoms with E-state index in [1.165, 1.54) is 0 Å². The number of benzene rings is 2. The molecule has 4 nitrogen and oxygen atoms in total. The maximum absolute atomic E-state index is 12.7. The van der Waals surface area contributed by atoms with Crippen molar-refractivity contribution in [2.75, 3.05) is 6.61 Å². The fourth-order valence-corrected chi connectivity index (χ4v) is 3.89. The molecule has 4 rings (SSSR count). The number of carbonyl (C=O) groups excluding carboxylic acids is 1. The van der Waals surface area contributed by atoms with Crippen LogP contribution in [-0.2, 0) is 4.74 Å². The van der Waals surface area contributed by atoms with Crippen LogP contribution in [0, 0.1) is 5.41 Å². The van der Waals surface area contributed by atoms with Gasteiger partial charge in [0.2, 0.25) is 0 Å². The quantitative estimate of drug-likeness (QED) is 0.539. The van der Waals surface area contributed by atoms with Crippen molar-refractivity contribution in [3.05, 3.63) is 65.6 Å². The summed E-state index contributed by atoms with van der Waals surface area (Å²) in [6, 6.07) is 14.4. The number of fused-ring (bicyclic) bond motifs is 1. The van der Waals surface area contributed by atoms with Crippen LogP contribution in [0.15, 0.2) is 59.4 Å². The molecule has 0 unspecified atom stereocenters. The summed E-state index contributed by atoms with van der Waals surface area (Å²) < 4.78 is 5.33. The van der Waals surface area contributed by atoms with Gasteiger partial charge in [0.25, 0.3) is 0 Å². The first-order valence-electron chi connectivity index (χ1n) is 10.0. The first-order valence-corrected chi connectivity index (χ1v) is 10.0. The van der Waals surface area contributed by atoms with Gasteiger partial charge in [-0.15, -0.1) is 0 Å². The highest BCUT2D eigenvalue weighted by Gasteiger charge is 2.29. The Morgan fingerprint density at radius 1 is 1.21 bits per heavy atom. The van der Waals surface area contributed by atoms with Gasteiger partial charge < -0.3 is 9.72 Å². The summed E-state index contributed by atoms with van der Waals surface area (Å²) in [5.74, 6) is -0.317. The Balaban J connectivity index is 1.92. The molecule has 2 aromatic carbocycles. The van der Waals surface area contributed by atoms with Crippen molar-refractivity contribution in [2.24, 2.45) is 10.4 Å². The number of aromatic nitrogens is 1. The van der Waals surface area contributed by atoms with E-state index in [2.05, 4.69) is 56.1 Å². The maximum Gasteiger partial charge on any atom is 0.340 e. The van der Waals surface area contributed by atoms with Gasteiger partial charge in [0.1, 0.15) is 0 Å². The van der Waals surface area contributed by atoms with Crippen LogP contribution in [0.4, 0.5) is 0 Å². The maximum atomic E-state index is 12.7. The van der Waals surface area contributed by atoms with Crippen LogP contribution < -0.4 is 0 Å². The summed E-state index contributed by atoms with van der Waals surface area (Å²) in [6.45, 7) is 8.65. The molecular weight excluding hydrogens is 360 g/mol. The number of esters is 1. The van der Waals surface area contributed by atoms with Crippen molar-refractivity contribution in [2.45, 2.75) is 34.1 Å². The van der Waals surface area contributed by atoms with Gasteiger partial charge in [0, 0.05) is 40.7 Å². The number of rotatable bonds is 4. The molecule has 3 aromatic rings. The molecule has 0 fully saturated rings. The molecule has 4 heteroatoms. The van der Waals surface area contributed by atoms with Gasteiger partial charge in [-0.25, -0.2) is 4.79 Å². The summed E-state index contributed by atoms with van der Waals surface area (Å²) in [5.41, 5.74) is 5.52. The molecule has 148 valence electrons. The third-order valence-corrected chi connectivity index (χ3v) is 5.69. The number of H-pyrrole nitrogens is 1. The molecule has 1 aromatic heterocycles. The van der Waals surface area contributed by atoms with E-state index in [0.717, 1.165) is 45.4 Å². The summed E-state index contributed by atoms with van der Waals surface area (Å²) in [5, 5.41) is 2.24. The van der Waals surface area contributed by atoms with Crippen molar-refractivity contribution in [3.63, 3.8) is 0 Å². The van der Waals surface area contributed by atoms with Crippen molar-refractivity contribution in [1.29, 1.82) is 0 Å². The average molecular weight is 386 g/mol. The van der Waals surface area contributed by atoms with Crippen LogP contribution in [0.5, 0.6) is 0 Å². The van der Waals surface area contributed by atoms with E-state index in [1.807, 2.05) is 25.1 Å². The molecule has 0 spiro atoms. The zero-order valence-corrected chi connectivity index (χ0v) is 17.4. The van der Waals surface area contributed by atoms with Crippen molar-refractivity contribution >= 4 is 28.5 Å². The molecule has 0 bridgehead atoms. The van der Waals surface area contributed by atoms with Crippen LogP contribution >= 0.6 is 0 Å². The molecule has 0 aliphatic carbocycles. The third-order valence-electron chi connectivity index (χ3n) is 5.69. The lowest BCUT2D eigenvalue weighted by Gasteiger charge is -2.16. The number of nitrogens with zero attached hydrogens (tertiary/aromatic N) is 1. The number of allylic oxidation sites excluding steroid dienone is 1. The van der Waals surface area contributed by atoms with Crippen LogP contribution in [0.3, 0.4) is 0 Å². The Morgan fingerprint density at radius 2 is 1.97 bits per heavy atom. The SMILES string of the molecule is CCOC(=O)c1c[nH]c(/C=C2/CC(C)(C)C(C)=N2)c1-c1cccc2ccccc12. The highest BCUT2D eigenvalue weighted by Crippen LogP contribution is 2.39. The number of hydrogen-bond donors (Lipinski definition) is 1. The summed E-state index contributed by atoms with van der Waals surface area (Å²) in [4.78, 5) is 20.8. The van der Waals surface area contributed by atoms with Crippen LogP contribution in [0.2, 0.25) is 0 Å². The van der Waals surface area contributed by atoms with Gasteiger partial charge in [0.15, 0.2) is 0 Å². The summed E-state index contributed by atoms with van der Waals surface area (Å²) in [6.07, 6.45) is 4.69. The molecule has 1 aliphatic rings. The molecule has 0 atom stereocenters. The number of aromatic amines is 1. The zero-order valence-electron chi connectivity index (χ0n) is 17.4. The van der Waals surface area contributed by atoms with Gasteiger partial charge in [-0.05, 0) is 36.3 Å². The van der Waals surface area contributed by atoms with E-state index in [4.69, 9.17) is 9.73 Å². The number of carbonyl (C=O) groups is 1. The lowest BCUT2D eigenvalue weighted by atomic mass is 9.86. The Hall–Kier alpha value is -3.14. The number of nitrogens with one attached hydrogen (secondary N) is 1. The van der Waals surface area contributed by atoms with Crippen LogP contribution in [0.1, 0.15) is 50.2 Å². The van der Waals surface area contributed by atoms with Gasteiger partial charge in [0.05, 0.1) is 12.2 Å². The standard InChI is InChI=1S/C25H26N2O2/c1-5-29-24(28)21-15-26-22(13-18-14-25(3,4)16(2)27-18)23(21)20-12-8-10-17-9-6-7-11-19(17)20/h6-13,15,26H,5,14H2,1-4H3/b18-13-. The van der Waals surface area contributed by atoms with Crippen molar-refractivity contribution in [3.8, 4) is 11.1 Å². The Bertz CT molecular complexity index is 1140. The van der Waals surface area contributed by atoms with Crippen LogP contribution in [-0.4, -0.2) is 23.3 Å². The lowest BCUT2D eigenvalue weighted by molar-refractivity contribution is 0.0527. The van der Waals surface area contributed by atoms with E-state index in [1.54, 1.807) is 6.20 Å². The van der Waals surface area contributed by atoms with Gasteiger partial charge in [-0.3, -0.25) is 4.99 Å². The van der Waals surface area contributed by atoms with E-state index in [9.17, 15) is 4.79 Å². The number of hydrogen-bond acceptors (Lipinski definition) is 3. The minimum absolute atomic E-state index is 0.0575. The third kappa shape index (κ3) is 3.51. The molecule has 0 radical (unpaired) electrons. The molecule has 29 heavy (non-hydrogen) atoms. The first kappa shape index (κ1) is 19.2. The molecule has 0 saturated heterocycles. The predicted molar refractivity (Wildman–Crippen MR) is 119 cm³/mol. The Labute approximate surface area is 171 Å². The van der Waals surface area contributed by atoms with E-state index < -0.39 is 0 Å². The average Bonchev–Trinajstić information content (AvgIpc) is 3.21. The number of aliphatic imine (C=N–C) groups is 1. The summed E-state index contributed by atoms with van der Waals surface area (Å²) in [7, 11) is 0. The second-order valence-corrected chi connectivity index (χ2v) is 8.13. The molecule has 2 heterocycles. The fourth-order valence-electron chi connectivity index (χ4n) is 3.89. The molecule has 1 aliphatic heterocycles. The second-order valence-electron chi connectivity index (χ2n) is 8.13.